The molecule has 0 bridgehead atoms. The van der Waals surface area contributed by atoms with Gasteiger partial charge in [-0.2, -0.15) is 5.26 Å². The van der Waals surface area contributed by atoms with Gasteiger partial charge in [0, 0.05) is 68.0 Å². The van der Waals surface area contributed by atoms with Crippen molar-refractivity contribution in [2.24, 2.45) is 0 Å². The molecule has 0 aromatic carbocycles. The fourth-order valence-corrected chi connectivity index (χ4v) is 6.65. The number of carbonyl (C=O) groups excluding carboxylic acids is 1. The molecule has 0 unspecified atom stereocenters. The van der Waals surface area contributed by atoms with Gasteiger partial charge in [-0.3, -0.25) is 14.4 Å². The number of nitrogens with one attached hydrogen (secondary N) is 1. The molecule has 2 saturated heterocycles. The van der Waals surface area contributed by atoms with E-state index in [4.69, 9.17) is 24.7 Å². The van der Waals surface area contributed by atoms with Crippen LogP contribution in [0.2, 0.25) is 0 Å². The highest BCUT2D eigenvalue weighted by atomic mass is 32.2. The first kappa shape index (κ1) is 28.9. The summed E-state index contributed by atoms with van der Waals surface area (Å²) in [5, 5.41) is 8.86. The number of methoxy groups -OCH3 is 1. The first-order valence-electron chi connectivity index (χ1n) is 13.2. The molecule has 1 amide bonds. The molecule has 2 fully saturated rings. The number of amides is 1. The van der Waals surface area contributed by atoms with Crippen molar-refractivity contribution in [1.82, 2.24) is 24.8 Å². The van der Waals surface area contributed by atoms with E-state index in [9.17, 15) is 13.2 Å². The molecule has 2 aliphatic rings. The van der Waals surface area contributed by atoms with Crippen molar-refractivity contribution >= 4 is 49.1 Å². The lowest BCUT2D eigenvalue weighted by Gasteiger charge is -2.34. The highest BCUT2D eigenvalue weighted by Crippen LogP contribution is 2.39. The Morgan fingerprint density at radius 3 is 2.59 bits per heavy atom. The van der Waals surface area contributed by atoms with Crippen LogP contribution in [0.1, 0.15) is 16.9 Å². The molecule has 0 aliphatic carbocycles. The predicted molar refractivity (Wildman–Crippen MR) is 156 cm³/mol. The van der Waals surface area contributed by atoms with Crippen molar-refractivity contribution in [1.29, 1.82) is 5.26 Å². The fourth-order valence-electron chi connectivity index (χ4n) is 4.98. The van der Waals surface area contributed by atoms with Crippen LogP contribution in [0.15, 0.2) is 12.3 Å². The number of ether oxygens (including phenoxy) is 2. The lowest BCUT2D eigenvalue weighted by molar-refractivity contribution is -0.131. The lowest BCUT2D eigenvalue weighted by Crippen LogP contribution is -2.48. The minimum Gasteiger partial charge on any atom is -0.480 e. The minimum atomic E-state index is -3.58. The number of hydrogen-bond acceptors (Lipinski definition) is 12. The highest BCUT2D eigenvalue weighted by molar-refractivity contribution is 7.92. The Morgan fingerprint density at radius 1 is 1.20 bits per heavy atom. The molecule has 0 saturated carbocycles. The molecule has 3 aromatic rings. The van der Waals surface area contributed by atoms with Crippen molar-refractivity contribution in [3.63, 3.8) is 0 Å². The maximum absolute atomic E-state index is 12.2. The third-order valence-electron chi connectivity index (χ3n) is 7.06. The van der Waals surface area contributed by atoms with Crippen LogP contribution in [0.4, 0.5) is 11.6 Å². The number of carbonyl (C=O) groups is 1. The molecule has 2 aliphatic heterocycles. The Balaban J connectivity index is 1.54. The predicted octanol–water partition coefficient (Wildman–Crippen LogP) is 1.84. The van der Waals surface area contributed by atoms with Gasteiger partial charge < -0.3 is 19.3 Å². The zero-order valence-corrected chi connectivity index (χ0v) is 24.8. The van der Waals surface area contributed by atoms with Crippen molar-refractivity contribution in [3.05, 3.63) is 22.7 Å². The van der Waals surface area contributed by atoms with Gasteiger partial charge in [-0.05, 0) is 13.0 Å². The Bertz CT molecular complexity index is 1590. The number of aryl methyl sites for hydroxylation is 1. The van der Waals surface area contributed by atoms with Gasteiger partial charge in [0.1, 0.15) is 12.1 Å². The third-order valence-corrected chi connectivity index (χ3v) is 8.80. The summed E-state index contributed by atoms with van der Waals surface area (Å²) in [4.78, 5) is 33.8. The number of anilines is 2. The van der Waals surface area contributed by atoms with E-state index in [1.54, 1.807) is 28.5 Å². The van der Waals surface area contributed by atoms with E-state index in [1.807, 2.05) is 6.07 Å². The second-order valence-electron chi connectivity index (χ2n) is 9.93. The minimum absolute atomic E-state index is 0.0973. The second-order valence-corrected chi connectivity index (χ2v) is 12.9. The topological polar surface area (TPSA) is 154 Å². The maximum Gasteiger partial charge on any atom is 0.238 e. The first-order valence-corrected chi connectivity index (χ1v) is 15.9. The molecular formula is C26H32N8O5S2. The van der Waals surface area contributed by atoms with Crippen LogP contribution in [0.5, 0.6) is 5.88 Å². The Morgan fingerprint density at radius 2 is 1.93 bits per heavy atom. The molecular weight excluding hydrogens is 568 g/mol. The molecule has 1 N–H and O–H groups in total. The van der Waals surface area contributed by atoms with Gasteiger partial charge in [-0.1, -0.05) is 0 Å². The third kappa shape index (κ3) is 6.51. The normalized spacial score (nSPS) is 16.5. The van der Waals surface area contributed by atoms with E-state index in [1.165, 1.54) is 7.11 Å². The van der Waals surface area contributed by atoms with Gasteiger partial charge >= 0.3 is 0 Å². The van der Waals surface area contributed by atoms with Gasteiger partial charge in [0.05, 0.1) is 48.6 Å². The Hall–Kier alpha value is -3.58. The smallest absolute Gasteiger partial charge is 0.238 e. The molecule has 0 radical (unpaired) electrons. The summed E-state index contributed by atoms with van der Waals surface area (Å²) in [5.41, 5.74) is 3.46. The number of thiophene rings is 1. The number of nitriles is 1. The van der Waals surface area contributed by atoms with Gasteiger partial charge in [0.15, 0.2) is 0 Å². The number of sulfonamides is 1. The van der Waals surface area contributed by atoms with Crippen LogP contribution in [-0.4, -0.2) is 105 Å². The number of hydrogen-bond donors (Lipinski definition) is 1. The average Bonchev–Trinajstić information content (AvgIpc) is 3.27. The number of fused-ring (bicyclic) bond motifs is 1. The quantitative estimate of drug-likeness (QED) is 0.403. The van der Waals surface area contributed by atoms with Crippen LogP contribution in [-0.2, 0) is 26.1 Å². The molecule has 218 valence electrons. The number of morpholine rings is 1. The van der Waals surface area contributed by atoms with E-state index in [0.717, 1.165) is 26.9 Å². The summed E-state index contributed by atoms with van der Waals surface area (Å²) in [6.45, 7) is 7.75. The van der Waals surface area contributed by atoms with Crippen LogP contribution < -0.4 is 14.4 Å². The Kier molecular flexibility index (Phi) is 8.55. The molecule has 13 nitrogen and oxygen atoms in total. The van der Waals surface area contributed by atoms with E-state index < -0.39 is 10.0 Å². The molecule has 41 heavy (non-hydrogen) atoms. The van der Waals surface area contributed by atoms with Gasteiger partial charge in [-0.25, -0.2) is 23.4 Å². The van der Waals surface area contributed by atoms with Crippen LogP contribution >= 0.6 is 11.3 Å². The van der Waals surface area contributed by atoms with E-state index in [-0.39, 0.29) is 23.9 Å². The van der Waals surface area contributed by atoms with Gasteiger partial charge in [-0.15, -0.1) is 11.3 Å². The number of rotatable bonds is 8. The number of pyridine rings is 1. The standard InChI is InChI=1S/C26H32N8O5S2/c1-17-19(16-32-6-8-33(9-7-32)21(35)4-5-27)23-24(40-17)22(29-26(30-23)34-10-12-39-13-11-34)18-14-20(31-41(3,36)37)25(38-2)28-15-18/h14-15,31H,4,6-13,16H2,1-3H3. The Labute approximate surface area is 242 Å². The molecule has 3 aromatic heterocycles. The van der Waals surface area contributed by atoms with E-state index >= 15 is 0 Å². The highest BCUT2D eigenvalue weighted by Gasteiger charge is 2.26. The van der Waals surface area contributed by atoms with Gasteiger partial charge in [0.25, 0.3) is 0 Å². The van der Waals surface area contributed by atoms with Crippen molar-refractivity contribution in [3.8, 4) is 23.2 Å². The molecule has 5 heterocycles. The van der Waals surface area contributed by atoms with Gasteiger partial charge in [0.2, 0.25) is 27.8 Å². The first-order chi connectivity index (χ1) is 19.7. The van der Waals surface area contributed by atoms with Crippen LogP contribution in [0.3, 0.4) is 0 Å². The van der Waals surface area contributed by atoms with Crippen molar-refractivity contribution < 1.29 is 22.7 Å². The zero-order chi connectivity index (χ0) is 29.1. The van der Waals surface area contributed by atoms with Crippen molar-refractivity contribution in [2.75, 3.05) is 75.5 Å². The monoisotopic (exact) mass is 600 g/mol. The molecule has 0 spiro atoms. The maximum atomic E-state index is 12.2. The summed E-state index contributed by atoms with van der Waals surface area (Å²) in [7, 11) is -2.14. The number of aromatic nitrogens is 3. The summed E-state index contributed by atoms with van der Waals surface area (Å²) in [6, 6.07) is 3.62. The summed E-state index contributed by atoms with van der Waals surface area (Å²) in [6.07, 6.45) is 2.61. The van der Waals surface area contributed by atoms with Crippen LogP contribution in [0.25, 0.3) is 21.5 Å². The van der Waals surface area contributed by atoms with Crippen molar-refractivity contribution in [2.45, 2.75) is 19.9 Å². The summed E-state index contributed by atoms with van der Waals surface area (Å²) >= 11 is 1.59. The molecule has 15 heteroatoms. The molecule has 0 atom stereocenters. The second kappa shape index (κ2) is 12.1. The summed E-state index contributed by atoms with van der Waals surface area (Å²) < 4.78 is 38.3. The summed E-state index contributed by atoms with van der Waals surface area (Å²) in [5.74, 6) is 0.609. The lowest BCUT2D eigenvalue weighted by atomic mass is 10.1. The average molecular weight is 601 g/mol. The molecule has 5 rings (SSSR count). The number of piperazine rings is 1. The van der Waals surface area contributed by atoms with Crippen LogP contribution in [0, 0.1) is 18.3 Å². The van der Waals surface area contributed by atoms with E-state index in [2.05, 4.69) is 26.4 Å². The fraction of sp³-hybridized carbons (Fsp3) is 0.500. The number of nitrogens with zero attached hydrogens (tertiary/aromatic N) is 7. The largest absolute Gasteiger partial charge is 0.480 e. The SMILES string of the molecule is COc1ncc(-c2nc(N3CCOCC3)nc3c(CN4CCN(C(=O)CC#N)CC4)c(C)sc23)cc1NS(C)(=O)=O. The van der Waals surface area contributed by atoms with E-state index in [0.29, 0.717) is 76.2 Å². The zero-order valence-electron chi connectivity index (χ0n) is 23.2.